The van der Waals surface area contributed by atoms with Crippen LogP contribution in [-0.2, 0) is 6.61 Å². The predicted octanol–water partition coefficient (Wildman–Crippen LogP) is 3.94. The molecular formula is C21H22N2O4. The van der Waals surface area contributed by atoms with Gasteiger partial charge in [0, 0.05) is 6.04 Å². The van der Waals surface area contributed by atoms with E-state index in [2.05, 4.69) is 10.3 Å². The third kappa shape index (κ3) is 4.05. The molecule has 3 aromatic rings. The summed E-state index contributed by atoms with van der Waals surface area (Å²) < 4.78 is 16.4. The first-order valence-corrected chi connectivity index (χ1v) is 9.08. The van der Waals surface area contributed by atoms with Crippen LogP contribution in [-0.4, -0.2) is 24.0 Å². The van der Waals surface area contributed by atoms with Crippen molar-refractivity contribution in [2.75, 3.05) is 7.11 Å². The number of hydrogen-bond donors (Lipinski definition) is 1. The van der Waals surface area contributed by atoms with Crippen molar-refractivity contribution in [1.82, 2.24) is 10.3 Å². The van der Waals surface area contributed by atoms with Crippen LogP contribution in [0.15, 0.2) is 47.1 Å². The molecule has 1 heterocycles. The van der Waals surface area contributed by atoms with Crippen LogP contribution in [0.2, 0.25) is 0 Å². The van der Waals surface area contributed by atoms with Crippen LogP contribution in [0, 0.1) is 5.92 Å². The predicted molar refractivity (Wildman–Crippen MR) is 101 cm³/mol. The van der Waals surface area contributed by atoms with Crippen molar-refractivity contribution in [1.29, 1.82) is 0 Å². The smallest absolute Gasteiger partial charge is 0.273 e. The highest BCUT2D eigenvalue weighted by atomic mass is 16.5. The van der Waals surface area contributed by atoms with Crippen LogP contribution in [0.25, 0.3) is 10.8 Å². The first kappa shape index (κ1) is 17.4. The van der Waals surface area contributed by atoms with E-state index in [9.17, 15) is 4.79 Å². The normalized spacial score (nSPS) is 14.7. The summed E-state index contributed by atoms with van der Waals surface area (Å²) in [4.78, 5) is 16.4. The molecule has 1 amide bonds. The Morgan fingerprint density at radius 1 is 1.22 bits per heavy atom. The van der Waals surface area contributed by atoms with Gasteiger partial charge in [0.25, 0.3) is 5.91 Å². The second kappa shape index (κ2) is 7.31. The maximum absolute atomic E-state index is 12.2. The molecule has 1 aliphatic rings. The lowest BCUT2D eigenvalue weighted by Gasteiger charge is -2.10. The van der Waals surface area contributed by atoms with Crippen molar-refractivity contribution < 1.29 is 18.7 Å². The van der Waals surface area contributed by atoms with Gasteiger partial charge in [-0.3, -0.25) is 4.79 Å². The third-order valence-electron chi connectivity index (χ3n) is 4.85. The van der Waals surface area contributed by atoms with Gasteiger partial charge in [0.1, 0.15) is 17.8 Å². The van der Waals surface area contributed by atoms with E-state index in [0.29, 0.717) is 17.6 Å². The van der Waals surface area contributed by atoms with E-state index in [1.165, 1.54) is 19.1 Å². The van der Waals surface area contributed by atoms with Gasteiger partial charge >= 0.3 is 0 Å². The van der Waals surface area contributed by atoms with Crippen LogP contribution in [0.1, 0.15) is 36.1 Å². The first-order valence-electron chi connectivity index (χ1n) is 9.08. The van der Waals surface area contributed by atoms with Crippen LogP contribution in [0.3, 0.4) is 0 Å². The van der Waals surface area contributed by atoms with Crippen molar-refractivity contribution in [2.45, 2.75) is 32.4 Å². The number of methoxy groups -OCH3 is 1. The number of hydrogen-bond acceptors (Lipinski definition) is 5. The van der Waals surface area contributed by atoms with Crippen molar-refractivity contribution in [2.24, 2.45) is 5.92 Å². The number of nitrogens with zero attached hydrogens (tertiary/aromatic N) is 1. The first-order chi connectivity index (χ1) is 13.1. The summed E-state index contributed by atoms with van der Waals surface area (Å²) in [6.45, 7) is 2.18. The van der Waals surface area contributed by atoms with Crippen LogP contribution >= 0.6 is 0 Å². The monoisotopic (exact) mass is 366 g/mol. The van der Waals surface area contributed by atoms with Crippen molar-refractivity contribution in [3.05, 3.63) is 54.2 Å². The molecule has 0 radical (unpaired) electrons. The molecule has 1 fully saturated rings. The fourth-order valence-corrected chi connectivity index (χ4v) is 3.04. The lowest BCUT2D eigenvalue weighted by molar-refractivity contribution is 0.0930. The van der Waals surface area contributed by atoms with Crippen LogP contribution in [0.4, 0.5) is 0 Å². The van der Waals surface area contributed by atoms with Crippen LogP contribution in [0.5, 0.6) is 11.5 Å². The lowest BCUT2D eigenvalue weighted by atomic mass is 10.1. The minimum Gasteiger partial charge on any atom is -0.497 e. The molecule has 1 aliphatic carbocycles. The number of rotatable bonds is 7. The van der Waals surface area contributed by atoms with Crippen molar-refractivity contribution >= 4 is 16.7 Å². The Morgan fingerprint density at radius 3 is 2.70 bits per heavy atom. The van der Waals surface area contributed by atoms with Gasteiger partial charge in [0.05, 0.1) is 7.11 Å². The van der Waals surface area contributed by atoms with E-state index in [4.69, 9.17) is 13.9 Å². The number of oxazole rings is 1. The standard InChI is InChI=1S/C21H22N2O4/c1-13(14-3-4-14)22-21(24)19-11-27-20(23-19)12-26-18-8-6-15-5-7-17(25-2)9-16(15)10-18/h5-11,13-14H,3-4,12H2,1-2H3,(H,22,24). The second-order valence-corrected chi connectivity index (χ2v) is 6.89. The molecule has 1 saturated carbocycles. The summed E-state index contributed by atoms with van der Waals surface area (Å²) in [7, 11) is 1.64. The van der Waals surface area contributed by atoms with E-state index >= 15 is 0 Å². The average Bonchev–Trinajstić information content (AvgIpc) is 3.43. The van der Waals surface area contributed by atoms with E-state index in [0.717, 1.165) is 16.5 Å². The number of aromatic nitrogens is 1. The molecule has 0 aliphatic heterocycles. The van der Waals surface area contributed by atoms with Gasteiger partial charge in [0.2, 0.25) is 5.89 Å². The minimum absolute atomic E-state index is 0.154. The molecule has 0 saturated heterocycles. The Balaban J connectivity index is 1.39. The van der Waals surface area contributed by atoms with Crippen molar-refractivity contribution in [3.63, 3.8) is 0 Å². The maximum Gasteiger partial charge on any atom is 0.273 e. The molecular weight excluding hydrogens is 344 g/mol. The highest BCUT2D eigenvalue weighted by Gasteiger charge is 2.29. The Morgan fingerprint density at radius 2 is 1.96 bits per heavy atom. The fourth-order valence-electron chi connectivity index (χ4n) is 3.04. The molecule has 140 valence electrons. The zero-order chi connectivity index (χ0) is 18.8. The quantitative estimate of drug-likeness (QED) is 0.685. The number of carbonyl (C=O) groups excluding carboxylic acids is 1. The summed E-state index contributed by atoms with van der Waals surface area (Å²) in [6, 6.07) is 11.9. The van der Waals surface area contributed by atoms with E-state index in [1.807, 2.05) is 43.3 Å². The minimum atomic E-state index is -0.206. The molecule has 2 aromatic carbocycles. The Hall–Kier alpha value is -3.02. The maximum atomic E-state index is 12.2. The molecule has 1 atom stereocenters. The number of carbonyl (C=O) groups is 1. The Labute approximate surface area is 157 Å². The van der Waals surface area contributed by atoms with Gasteiger partial charge in [-0.2, -0.15) is 0 Å². The molecule has 1 unspecified atom stereocenters. The van der Waals surface area contributed by atoms with Gasteiger partial charge in [0.15, 0.2) is 12.3 Å². The molecule has 4 rings (SSSR count). The van der Waals surface area contributed by atoms with Crippen molar-refractivity contribution in [3.8, 4) is 11.5 Å². The number of ether oxygens (including phenoxy) is 2. The molecule has 0 spiro atoms. The third-order valence-corrected chi connectivity index (χ3v) is 4.85. The second-order valence-electron chi connectivity index (χ2n) is 6.89. The fraction of sp³-hybridized carbons (Fsp3) is 0.333. The molecule has 27 heavy (non-hydrogen) atoms. The summed E-state index contributed by atoms with van der Waals surface area (Å²) in [5.74, 6) is 2.24. The number of nitrogens with one attached hydrogen (secondary N) is 1. The van der Waals surface area contributed by atoms with E-state index in [-0.39, 0.29) is 24.2 Å². The molecule has 1 aromatic heterocycles. The Bertz CT molecular complexity index is 962. The van der Waals surface area contributed by atoms with Gasteiger partial charge in [-0.15, -0.1) is 0 Å². The van der Waals surface area contributed by atoms with Gasteiger partial charge in [-0.25, -0.2) is 4.98 Å². The molecule has 6 heteroatoms. The summed E-state index contributed by atoms with van der Waals surface area (Å²) in [6.07, 6.45) is 3.73. The van der Waals surface area contributed by atoms with Gasteiger partial charge in [-0.05, 0) is 60.7 Å². The molecule has 0 bridgehead atoms. The zero-order valence-corrected chi connectivity index (χ0v) is 15.4. The zero-order valence-electron chi connectivity index (χ0n) is 15.4. The Kier molecular flexibility index (Phi) is 4.71. The van der Waals surface area contributed by atoms with E-state index in [1.54, 1.807) is 7.11 Å². The number of fused-ring (bicyclic) bond motifs is 1. The summed E-state index contributed by atoms with van der Waals surface area (Å²) in [5.41, 5.74) is 0.282. The number of amides is 1. The van der Waals surface area contributed by atoms with E-state index < -0.39 is 0 Å². The topological polar surface area (TPSA) is 73.6 Å². The highest BCUT2D eigenvalue weighted by molar-refractivity contribution is 5.92. The van der Waals surface area contributed by atoms with Crippen LogP contribution < -0.4 is 14.8 Å². The SMILES string of the molecule is COc1ccc2ccc(OCc3nc(C(=O)NC(C)C4CC4)co3)cc2c1. The largest absolute Gasteiger partial charge is 0.497 e. The van der Waals surface area contributed by atoms with Gasteiger partial charge < -0.3 is 19.2 Å². The number of benzene rings is 2. The molecule has 6 nitrogen and oxygen atoms in total. The highest BCUT2D eigenvalue weighted by Crippen LogP contribution is 2.32. The molecule has 1 N–H and O–H groups in total. The lowest BCUT2D eigenvalue weighted by Crippen LogP contribution is -2.34. The average molecular weight is 366 g/mol. The van der Waals surface area contributed by atoms with Gasteiger partial charge in [-0.1, -0.05) is 12.1 Å². The summed E-state index contributed by atoms with van der Waals surface area (Å²) in [5, 5.41) is 5.08. The summed E-state index contributed by atoms with van der Waals surface area (Å²) >= 11 is 0.